The normalized spacial score (nSPS) is 13.2. The zero-order valence-corrected chi connectivity index (χ0v) is 17.9. The average molecular weight is 438 g/mol. The minimum atomic E-state index is -0.228. The Morgan fingerprint density at radius 2 is 1.53 bits per heavy atom. The Bertz CT molecular complexity index is 1120. The predicted molar refractivity (Wildman–Crippen MR) is 122 cm³/mol. The number of halogens is 2. The van der Waals surface area contributed by atoms with Crippen LogP contribution in [-0.4, -0.2) is 22.4 Å². The van der Waals surface area contributed by atoms with Crippen LogP contribution in [0.2, 0.25) is 10.0 Å². The lowest BCUT2D eigenvalue weighted by Gasteiger charge is -2.25. The van der Waals surface area contributed by atoms with Crippen molar-refractivity contribution in [3.63, 3.8) is 0 Å². The lowest BCUT2D eigenvalue weighted by Crippen LogP contribution is -2.31. The highest BCUT2D eigenvalue weighted by Gasteiger charge is 2.23. The maximum Gasteiger partial charge on any atom is 0.287 e. The first-order valence-corrected chi connectivity index (χ1v) is 10.5. The number of fused-ring (bicyclic) bond motifs is 1. The fourth-order valence-corrected chi connectivity index (χ4v) is 3.89. The van der Waals surface area contributed by atoms with E-state index in [4.69, 9.17) is 23.2 Å². The van der Waals surface area contributed by atoms with Crippen LogP contribution in [-0.2, 0) is 0 Å². The fourth-order valence-electron chi connectivity index (χ4n) is 3.64. The summed E-state index contributed by atoms with van der Waals surface area (Å²) >= 11 is 12.1. The number of rotatable bonds is 6. The summed E-state index contributed by atoms with van der Waals surface area (Å²) in [5.41, 5.74) is 3.86. The number of aromatic nitrogens is 2. The van der Waals surface area contributed by atoms with Crippen LogP contribution in [0.3, 0.4) is 0 Å². The Hall–Kier alpha value is -2.82. The summed E-state index contributed by atoms with van der Waals surface area (Å²) in [7, 11) is 0. The van der Waals surface area contributed by atoms with E-state index in [0.29, 0.717) is 22.4 Å². The fraction of sp³-hybridized carbons (Fsp3) is 0.167. The molecule has 152 valence electrons. The number of hydrogen-bond donors (Lipinski definition) is 2. The molecular weight excluding hydrogens is 417 g/mol. The zero-order valence-electron chi connectivity index (χ0n) is 16.4. The predicted octanol–water partition coefficient (Wildman–Crippen LogP) is 6.19. The van der Waals surface area contributed by atoms with E-state index in [9.17, 15) is 4.79 Å². The van der Waals surface area contributed by atoms with Gasteiger partial charge in [-0.3, -0.25) is 4.79 Å². The van der Waals surface area contributed by atoms with E-state index in [2.05, 4.69) is 22.2 Å². The molecule has 3 aromatic carbocycles. The van der Waals surface area contributed by atoms with Gasteiger partial charge in [0.25, 0.3) is 5.91 Å². The summed E-state index contributed by atoms with van der Waals surface area (Å²) in [4.78, 5) is 20.2. The minimum Gasteiger partial charge on any atom is -0.349 e. The third-order valence-electron chi connectivity index (χ3n) is 5.38. The number of amides is 1. The number of hydrogen-bond acceptors (Lipinski definition) is 2. The van der Waals surface area contributed by atoms with Gasteiger partial charge in [-0.25, -0.2) is 4.98 Å². The van der Waals surface area contributed by atoms with E-state index < -0.39 is 0 Å². The van der Waals surface area contributed by atoms with Crippen molar-refractivity contribution in [1.29, 1.82) is 0 Å². The van der Waals surface area contributed by atoms with E-state index in [-0.39, 0.29) is 17.7 Å². The number of benzene rings is 3. The molecule has 4 nitrogen and oxygen atoms in total. The molecule has 0 spiro atoms. The molecule has 2 atom stereocenters. The van der Waals surface area contributed by atoms with Crippen molar-refractivity contribution in [2.24, 2.45) is 0 Å². The molecule has 4 rings (SSSR count). The molecule has 0 saturated carbocycles. The molecule has 1 amide bonds. The molecule has 2 unspecified atom stereocenters. The quantitative estimate of drug-likeness (QED) is 0.377. The summed E-state index contributed by atoms with van der Waals surface area (Å²) in [5, 5.41) is 4.43. The topological polar surface area (TPSA) is 57.8 Å². The highest BCUT2D eigenvalue weighted by Crippen LogP contribution is 2.33. The van der Waals surface area contributed by atoms with Crippen LogP contribution in [0.4, 0.5) is 0 Å². The number of imidazole rings is 1. The Kier molecular flexibility index (Phi) is 6.07. The van der Waals surface area contributed by atoms with Gasteiger partial charge in [0.15, 0.2) is 5.82 Å². The number of carbonyl (C=O) groups excluding carboxylic acids is 1. The monoisotopic (exact) mass is 437 g/mol. The number of carbonyl (C=O) groups is 1. The Morgan fingerprint density at radius 1 is 0.933 bits per heavy atom. The number of nitrogens with zero attached hydrogens (tertiary/aromatic N) is 1. The zero-order chi connectivity index (χ0) is 21.1. The first-order chi connectivity index (χ1) is 14.5. The van der Waals surface area contributed by atoms with Crippen molar-refractivity contribution >= 4 is 40.1 Å². The second kappa shape index (κ2) is 8.90. The molecular formula is C24H21Cl2N3O. The van der Waals surface area contributed by atoms with Crippen LogP contribution in [0.5, 0.6) is 0 Å². The summed E-state index contributed by atoms with van der Waals surface area (Å²) in [6, 6.07) is 23.2. The van der Waals surface area contributed by atoms with Crippen molar-refractivity contribution in [1.82, 2.24) is 15.3 Å². The van der Waals surface area contributed by atoms with Crippen molar-refractivity contribution in [2.75, 3.05) is 6.54 Å². The standard InChI is InChI=1S/C24H21Cl2N3O/c1-15(16-6-10-18(25)11-7-16)20(17-8-12-19(26)13-9-17)14-27-24(30)23-28-21-4-2-3-5-22(21)29-23/h2-13,15,20H,14H2,1H3,(H,27,30)(H,28,29). The van der Waals surface area contributed by atoms with Crippen LogP contribution >= 0.6 is 23.2 Å². The van der Waals surface area contributed by atoms with Crippen LogP contribution in [0.15, 0.2) is 72.8 Å². The van der Waals surface area contributed by atoms with E-state index >= 15 is 0 Å². The van der Waals surface area contributed by atoms with E-state index in [1.165, 1.54) is 0 Å². The highest BCUT2D eigenvalue weighted by atomic mass is 35.5. The summed E-state index contributed by atoms with van der Waals surface area (Å²) < 4.78 is 0. The lowest BCUT2D eigenvalue weighted by atomic mass is 9.82. The van der Waals surface area contributed by atoms with Gasteiger partial charge in [-0.1, -0.05) is 66.5 Å². The molecule has 0 aliphatic rings. The SMILES string of the molecule is CC(c1ccc(Cl)cc1)C(CNC(=O)c1nc2ccccc2[nH]1)c1ccc(Cl)cc1. The smallest absolute Gasteiger partial charge is 0.287 e. The largest absolute Gasteiger partial charge is 0.349 e. The molecule has 0 saturated heterocycles. The molecule has 0 aliphatic carbocycles. The second-order valence-corrected chi connectivity index (χ2v) is 8.18. The number of aromatic amines is 1. The second-order valence-electron chi connectivity index (χ2n) is 7.31. The van der Waals surface area contributed by atoms with Gasteiger partial charge in [0, 0.05) is 22.5 Å². The number of H-pyrrole nitrogens is 1. The summed E-state index contributed by atoms with van der Waals surface area (Å²) in [6.07, 6.45) is 0. The van der Waals surface area contributed by atoms with Crippen molar-refractivity contribution in [2.45, 2.75) is 18.8 Å². The highest BCUT2D eigenvalue weighted by molar-refractivity contribution is 6.30. The van der Waals surface area contributed by atoms with Crippen molar-refractivity contribution in [3.8, 4) is 0 Å². The first-order valence-electron chi connectivity index (χ1n) is 9.75. The number of nitrogens with one attached hydrogen (secondary N) is 2. The molecule has 1 heterocycles. The third kappa shape index (κ3) is 4.50. The maximum absolute atomic E-state index is 12.8. The summed E-state index contributed by atoms with van der Waals surface area (Å²) in [6.45, 7) is 2.61. The van der Waals surface area contributed by atoms with Gasteiger partial charge in [0.05, 0.1) is 11.0 Å². The minimum absolute atomic E-state index is 0.0526. The van der Waals surface area contributed by atoms with Crippen LogP contribution in [0, 0.1) is 0 Å². The number of para-hydroxylation sites is 2. The van der Waals surface area contributed by atoms with Gasteiger partial charge >= 0.3 is 0 Å². The molecule has 2 N–H and O–H groups in total. The van der Waals surface area contributed by atoms with Crippen molar-refractivity contribution in [3.05, 3.63) is 99.8 Å². The van der Waals surface area contributed by atoms with Crippen LogP contribution in [0.1, 0.15) is 40.5 Å². The lowest BCUT2D eigenvalue weighted by molar-refractivity contribution is 0.0941. The van der Waals surface area contributed by atoms with Gasteiger partial charge in [-0.2, -0.15) is 0 Å². The van der Waals surface area contributed by atoms with E-state index in [0.717, 1.165) is 22.2 Å². The van der Waals surface area contributed by atoms with E-state index in [1.807, 2.05) is 72.8 Å². The first kappa shape index (κ1) is 20.5. The van der Waals surface area contributed by atoms with Gasteiger partial charge in [-0.15, -0.1) is 0 Å². The Balaban J connectivity index is 1.56. The van der Waals surface area contributed by atoms with Gasteiger partial charge in [0.1, 0.15) is 0 Å². The Labute approximate surface area is 185 Å². The van der Waals surface area contributed by atoms with Crippen LogP contribution < -0.4 is 5.32 Å². The van der Waals surface area contributed by atoms with Gasteiger partial charge in [-0.05, 0) is 53.4 Å². The molecule has 1 aromatic heterocycles. The average Bonchev–Trinajstić information content (AvgIpc) is 3.20. The van der Waals surface area contributed by atoms with Crippen molar-refractivity contribution < 1.29 is 4.79 Å². The molecule has 0 aliphatic heterocycles. The third-order valence-corrected chi connectivity index (χ3v) is 5.89. The Morgan fingerprint density at radius 3 is 2.17 bits per heavy atom. The molecule has 0 radical (unpaired) electrons. The summed E-state index contributed by atoms with van der Waals surface area (Å²) in [5.74, 6) is 0.287. The molecule has 6 heteroatoms. The maximum atomic E-state index is 12.8. The van der Waals surface area contributed by atoms with E-state index in [1.54, 1.807) is 0 Å². The molecule has 0 fully saturated rings. The van der Waals surface area contributed by atoms with Gasteiger partial charge in [0.2, 0.25) is 0 Å². The molecule has 0 bridgehead atoms. The molecule has 30 heavy (non-hydrogen) atoms. The van der Waals surface area contributed by atoms with Gasteiger partial charge < -0.3 is 10.3 Å². The van der Waals surface area contributed by atoms with Crippen LogP contribution in [0.25, 0.3) is 11.0 Å². The molecule has 4 aromatic rings.